The maximum atomic E-state index is 12.3. The lowest BCUT2D eigenvalue weighted by Crippen LogP contribution is -2.14. The van der Waals surface area contributed by atoms with Crippen molar-refractivity contribution in [1.82, 2.24) is 4.98 Å². The van der Waals surface area contributed by atoms with Crippen molar-refractivity contribution < 1.29 is 4.79 Å². The third-order valence-corrected chi connectivity index (χ3v) is 5.07. The average molecular weight is 314 g/mol. The van der Waals surface area contributed by atoms with E-state index in [1.165, 1.54) is 11.3 Å². The molecule has 106 valence electrons. The topological polar surface area (TPSA) is 42.0 Å². The Balaban J connectivity index is 1.83. The van der Waals surface area contributed by atoms with Gasteiger partial charge in [0.1, 0.15) is 10.7 Å². The number of benzene rings is 1. The lowest BCUT2D eigenvalue weighted by molar-refractivity contribution is 0.102. The molecule has 2 heterocycles. The molecular weight excluding hydrogens is 300 g/mol. The second-order valence-corrected chi connectivity index (χ2v) is 6.54. The van der Waals surface area contributed by atoms with Crippen molar-refractivity contribution in [3.8, 4) is 9.88 Å². The maximum absolute atomic E-state index is 12.3. The van der Waals surface area contributed by atoms with E-state index in [1.807, 2.05) is 49.6 Å². The Morgan fingerprint density at radius 2 is 1.86 bits per heavy atom. The largest absolute Gasteiger partial charge is 0.320 e. The highest BCUT2D eigenvalue weighted by Crippen LogP contribution is 2.28. The van der Waals surface area contributed by atoms with Gasteiger partial charge in [-0.3, -0.25) is 4.79 Å². The van der Waals surface area contributed by atoms with Crippen LogP contribution in [-0.4, -0.2) is 10.9 Å². The quantitative estimate of drug-likeness (QED) is 0.758. The van der Waals surface area contributed by atoms with Gasteiger partial charge in [0.2, 0.25) is 0 Å². The van der Waals surface area contributed by atoms with Crippen LogP contribution in [0.4, 0.5) is 5.69 Å². The number of aryl methyl sites for hydroxylation is 2. The van der Waals surface area contributed by atoms with Crippen LogP contribution >= 0.6 is 22.7 Å². The number of hydrogen-bond donors (Lipinski definition) is 1. The maximum Gasteiger partial charge on any atom is 0.275 e. The van der Waals surface area contributed by atoms with E-state index in [-0.39, 0.29) is 5.91 Å². The number of hydrogen-bond acceptors (Lipinski definition) is 4. The predicted molar refractivity (Wildman–Crippen MR) is 89.3 cm³/mol. The molecule has 0 aliphatic rings. The van der Waals surface area contributed by atoms with E-state index >= 15 is 0 Å². The number of thiazole rings is 1. The van der Waals surface area contributed by atoms with Crippen molar-refractivity contribution in [3.63, 3.8) is 0 Å². The number of anilines is 1. The Hall–Kier alpha value is -1.98. The summed E-state index contributed by atoms with van der Waals surface area (Å²) in [7, 11) is 0. The number of nitrogens with one attached hydrogen (secondary N) is 1. The van der Waals surface area contributed by atoms with E-state index in [9.17, 15) is 4.79 Å². The van der Waals surface area contributed by atoms with Gasteiger partial charge in [0.05, 0.1) is 4.88 Å². The van der Waals surface area contributed by atoms with Gasteiger partial charge in [-0.2, -0.15) is 0 Å². The van der Waals surface area contributed by atoms with Gasteiger partial charge in [-0.05, 0) is 36.4 Å². The summed E-state index contributed by atoms with van der Waals surface area (Å²) in [4.78, 5) is 17.9. The van der Waals surface area contributed by atoms with E-state index in [0.29, 0.717) is 5.69 Å². The van der Waals surface area contributed by atoms with Gasteiger partial charge in [-0.25, -0.2) is 4.98 Å². The van der Waals surface area contributed by atoms with Crippen LogP contribution in [0.5, 0.6) is 0 Å². The molecule has 0 saturated carbocycles. The number of para-hydroxylation sites is 1. The van der Waals surface area contributed by atoms with Crippen molar-refractivity contribution in [3.05, 3.63) is 57.9 Å². The van der Waals surface area contributed by atoms with Crippen LogP contribution < -0.4 is 5.32 Å². The number of aromatic nitrogens is 1. The van der Waals surface area contributed by atoms with Crippen molar-refractivity contribution >= 4 is 34.3 Å². The van der Waals surface area contributed by atoms with Crippen LogP contribution in [0.2, 0.25) is 0 Å². The summed E-state index contributed by atoms with van der Waals surface area (Å²) in [5, 5.41) is 7.66. The number of thiophene rings is 1. The Labute approximate surface area is 131 Å². The Bertz CT molecular complexity index is 755. The number of nitrogens with zero attached hydrogens (tertiary/aromatic N) is 1. The molecule has 3 rings (SSSR count). The van der Waals surface area contributed by atoms with E-state index < -0.39 is 0 Å². The molecule has 0 fully saturated rings. The van der Waals surface area contributed by atoms with Crippen LogP contribution in [0, 0.1) is 13.8 Å². The zero-order valence-corrected chi connectivity index (χ0v) is 13.3. The normalized spacial score (nSPS) is 10.6. The number of rotatable bonds is 3. The molecule has 0 saturated heterocycles. The van der Waals surface area contributed by atoms with Gasteiger partial charge in [0.15, 0.2) is 0 Å². The first-order valence-corrected chi connectivity index (χ1v) is 8.28. The molecule has 3 nitrogen and oxygen atoms in total. The van der Waals surface area contributed by atoms with E-state index in [4.69, 9.17) is 0 Å². The molecule has 2 aromatic heterocycles. The second-order valence-electron chi connectivity index (χ2n) is 4.74. The van der Waals surface area contributed by atoms with Gasteiger partial charge in [0.25, 0.3) is 5.91 Å². The van der Waals surface area contributed by atoms with Crippen molar-refractivity contribution in [2.75, 3.05) is 5.32 Å². The molecule has 0 bridgehead atoms. The molecule has 1 N–H and O–H groups in total. The standard InChI is InChI=1S/C16H14N2OS2/c1-10-5-3-6-11(2)14(10)18-15(19)12-9-21-16(17-12)13-7-4-8-20-13/h3-9H,1-2H3,(H,18,19). The molecule has 0 spiro atoms. The highest BCUT2D eigenvalue weighted by Gasteiger charge is 2.14. The molecule has 21 heavy (non-hydrogen) atoms. The Kier molecular flexibility index (Phi) is 3.86. The first kappa shape index (κ1) is 14.0. The lowest BCUT2D eigenvalue weighted by atomic mass is 10.1. The first-order valence-electron chi connectivity index (χ1n) is 6.52. The highest BCUT2D eigenvalue weighted by molar-refractivity contribution is 7.20. The zero-order chi connectivity index (χ0) is 14.8. The van der Waals surface area contributed by atoms with Crippen molar-refractivity contribution in [1.29, 1.82) is 0 Å². The molecule has 0 aliphatic carbocycles. The minimum absolute atomic E-state index is 0.161. The molecular formula is C16H14N2OS2. The summed E-state index contributed by atoms with van der Waals surface area (Å²) in [6.07, 6.45) is 0. The third kappa shape index (κ3) is 2.89. The van der Waals surface area contributed by atoms with E-state index in [2.05, 4.69) is 10.3 Å². The summed E-state index contributed by atoms with van der Waals surface area (Å²) < 4.78 is 0. The number of amides is 1. The van der Waals surface area contributed by atoms with Gasteiger partial charge in [-0.15, -0.1) is 22.7 Å². The highest BCUT2D eigenvalue weighted by atomic mass is 32.1. The smallest absolute Gasteiger partial charge is 0.275 e. The van der Waals surface area contributed by atoms with Crippen molar-refractivity contribution in [2.45, 2.75) is 13.8 Å². The number of carbonyl (C=O) groups excluding carboxylic acids is 1. The van der Waals surface area contributed by atoms with Crippen LogP contribution in [0.1, 0.15) is 21.6 Å². The van der Waals surface area contributed by atoms with E-state index in [1.54, 1.807) is 16.7 Å². The van der Waals surface area contributed by atoms with Crippen LogP contribution in [-0.2, 0) is 0 Å². The van der Waals surface area contributed by atoms with E-state index in [0.717, 1.165) is 26.7 Å². The monoisotopic (exact) mass is 314 g/mol. The molecule has 0 aliphatic heterocycles. The third-order valence-electron chi connectivity index (χ3n) is 3.19. The summed E-state index contributed by atoms with van der Waals surface area (Å²) in [5.74, 6) is -0.161. The summed E-state index contributed by atoms with van der Waals surface area (Å²) in [6, 6.07) is 9.95. The van der Waals surface area contributed by atoms with Gasteiger partial charge < -0.3 is 5.32 Å². The fourth-order valence-electron chi connectivity index (χ4n) is 2.08. The second kappa shape index (κ2) is 5.79. The molecule has 5 heteroatoms. The molecule has 1 amide bonds. The minimum atomic E-state index is -0.161. The van der Waals surface area contributed by atoms with Gasteiger partial charge in [0, 0.05) is 11.1 Å². The fraction of sp³-hybridized carbons (Fsp3) is 0.125. The Morgan fingerprint density at radius 3 is 2.52 bits per heavy atom. The SMILES string of the molecule is Cc1cccc(C)c1NC(=O)c1csc(-c2cccs2)n1. The number of carbonyl (C=O) groups is 1. The minimum Gasteiger partial charge on any atom is -0.320 e. The lowest BCUT2D eigenvalue weighted by Gasteiger charge is -2.10. The fourth-order valence-corrected chi connectivity index (χ4v) is 3.69. The molecule has 1 aromatic carbocycles. The summed E-state index contributed by atoms with van der Waals surface area (Å²) in [5.41, 5.74) is 3.44. The van der Waals surface area contributed by atoms with Gasteiger partial charge in [-0.1, -0.05) is 24.3 Å². The predicted octanol–water partition coefficient (Wildman–Crippen LogP) is 4.74. The Morgan fingerprint density at radius 1 is 1.10 bits per heavy atom. The van der Waals surface area contributed by atoms with Crippen LogP contribution in [0.25, 0.3) is 9.88 Å². The summed E-state index contributed by atoms with van der Waals surface area (Å²) in [6.45, 7) is 3.97. The summed E-state index contributed by atoms with van der Waals surface area (Å²) >= 11 is 3.12. The molecule has 0 unspecified atom stereocenters. The average Bonchev–Trinajstić information content (AvgIpc) is 3.12. The van der Waals surface area contributed by atoms with Crippen LogP contribution in [0.15, 0.2) is 41.1 Å². The zero-order valence-electron chi connectivity index (χ0n) is 11.7. The first-order chi connectivity index (χ1) is 10.1. The molecule has 0 radical (unpaired) electrons. The van der Waals surface area contributed by atoms with Crippen molar-refractivity contribution in [2.24, 2.45) is 0 Å². The molecule has 0 atom stereocenters. The van der Waals surface area contributed by atoms with Gasteiger partial charge >= 0.3 is 0 Å². The van der Waals surface area contributed by atoms with Crippen LogP contribution in [0.3, 0.4) is 0 Å². The molecule has 3 aromatic rings.